The van der Waals surface area contributed by atoms with Crippen LogP contribution >= 0.6 is 0 Å². The summed E-state index contributed by atoms with van der Waals surface area (Å²) >= 11 is 0. The molecule has 1 aliphatic rings. The SMILES string of the molecule is CCC(=O)c1ccc2c(c1)CCN2C(=O)C(CC)CC. The molecule has 0 saturated carbocycles. The summed E-state index contributed by atoms with van der Waals surface area (Å²) in [5.74, 6) is 0.499. The number of amides is 1. The van der Waals surface area contributed by atoms with Gasteiger partial charge in [-0.05, 0) is 43.0 Å². The highest BCUT2D eigenvalue weighted by molar-refractivity contribution is 6.00. The molecule has 0 bridgehead atoms. The maximum atomic E-state index is 12.5. The van der Waals surface area contributed by atoms with Crippen molar-refractivity contribution in [3.8, 4) is 0 Å². The average molecular weight is 273 g/mol. The molecule has 1 aromatic rings. The highest BCUT2D eigenvalue weighted by atomic mass is 16.2. The van der Waals surface area contributed by atoms with Gasteiger partial charge in [-0.2, -0.15) is 0 Å². The predicted octanol–water partition coefficient (Wildman–Crippen LogP) is 3.60. The van der Waals surface area contributed by atoms with Crippen LogP contribution in [0.2, 0.25) is 0 Å². The molecule has 2 rings (SSSR count). The summed E-state index contributed by atoms with van der Waals surface area (Å²) < 4.78 is 0. The zero-order chi connectivity index (χ0) is 14.7. The topological polar surface area (TPSA) is 37.4 Å². The van der Waals surface area contributed by atoms with Crippen molar-refractivity contribution in [2.45, 2.75) is 46.5 Å². The molecule has 0 fully saturated rings. The lowest BCUT2D eigenvalue weighted by Crippen LogP contribution is -2.34. The Morgan fingerprint density at radius 2 is 1.90 bits per heavy atom. The quantitative estimate of drug-likeness (QED) is 0.769. The van der Waals surface area contributed by atoms with Crippen molar-refractivity contribution in [1.29, 1.82) is 0 Å². The van der Waals surface area contributed by atoms with Crippen LogP contribution in [0.15, 0.2) is 18.2 Å². The van der Waals surface area contributed by atoms with Gasteiger partial charge in [0, 0.05) is 30.1 Å². The van der Waals surface area contributed by atoms with Crippen molar-refractivity contribution in [2.24, 2.45) is 5.92 Å². The first-order valence-corrected chi connectivity index (χ1v) is 7.59. The second-order valence-electron chi connectivity index (χ2n) is 5.37. The molecule has 0 radical (unpaired) electrons. The van der Waals surface area contributed by atoms with Crippen molar-refractivity contribution in [3.05, 3.63) is 29.3 Å². The largest absolute Gasteiger partial charge is 0.312 e. The third kappa shape index (κ3) is 2.62. The first-order valence-electron chi connectivity index (χ1n) is 7.59. The van der Waals surface area contributed by atoms with Crippen molar-refractivity contribution >= 4 is 17.4 Å². The molecular weight excluding hydrogens is 250 g/mol. The Hall–Kier alpha value is -1.64. The van der Waals surface area contributed by atoms with E-state index in [0.29, 0.717) is 6.42 Å². The van der Waals surface area contributed by atoms with Crippen LogP contribution < -0.4 is 4.90 Å². The van der Waals surface area contributed by atoms with E-state index in [1.165, 1.54) is 0 Å². The van der Waals surface area contributed by atoms with E-state index in [-0.39, 0.29) is 17.6 Å². The molecular formula is C17H23NO2. The summed E-state index contributed by atoms with van der Waals surface area (Å²) in [5, 5.41) is 0. The molecule has 1 heterocycles. The number of carbonyl (C=O) groups excluding carboxylic acids is 2. The van der Waals surface area contributed by atoms with Gasteiger partial charge in [-0.1, -0.05) is 20.8 Å². The van der Waals surface area contributed by atoms with Crippen LogP contribution in [-0.2, 0) is 11.2 Å². The van der Waals surface area contributed by atoms with Crippen molar-refractivity contribution in [3.63, 3.8) is 0 Å². The van der Waals surface area contributed by atoms with E-state index in [9.17, 15) is 9.59 Å². The Bertz CT molecular complexity index is 518. The number of benzene rings is 1. The Balaban J connectivity index is 2.25. The fourth-order valence-corrected chi connectivity index (χ4v) is 2.87. The summed E-state index contributed by atoms with van der Waals surface area (Å²) in [6, 6.07) is 5.75. The van der Waals surface area contributed by atoms with Crippen LogP contribution in [0.1, 0.15) is 56.0 Å². The Morgan fingerprint density at radius 3 is 2.50 bits per heavy atom. The van der Waals surface area contributed by atoms with E-state index in [4.69, 9.17) is 0 Å². The van der Waals surface area contributed by atoms with E-state index < -0.39 is 0 Å². The second-order valence-corrected chi connectivity index (χ2v) is 5.37. The molecule has 0 unspecified atom stereocenters. The minimum Gasteiger partial charge on any atom is -0.312 e. The van der Waals surface area contributed by atoms with Gasteiger partial charge in [-0.3, -0.25) is 9.59 Å². The standard InChI is InChI=1S/C17H23NO2/c1-4-12(5-2)17(20)18-10-9-13-11-14(16(19)6-3)7-8-15(13)18/h7-8,11-12H,4-6,9-10H2,1-3H3. The van der Waals surface area contributed by atoms with Crippen molar-refractivity contribution in [2.75, 3.05) is 11.4 Å². The minimum absolute atomic E-state index is 0.109. The van der Waals surface area contributed by atoms with Crippen molar-refractivity contribution in [1.82, 2.24) is 0 Å². The van der Waals surface area contributed by atoms with Gasteiger partial charge in [0.25, 0.3) is 0 Å². The van der Waals surface area contributed by atoms with Crippen LogP contribution in [0.25, 0.3) is 0 Å². The van der Waals surface area contributed by atoms with E-state index >= 15 is 0 Å². The maximum Gasteiger partial charge on any atom is 0.230 e. The van der Waals surface area contributed by atoms with Crippen LogP contribution in [0.3, 0.4) is 0 Å². The zero-order valence-corrected chi connectivity index (χ0v) is 12.6. The van der Waals surface area contributed by atoms with Gasteiger partial charge in [0.05, 0.1) is 0 Å². The van der Waals surface area contributed by atoms with Gasteiger partial charge in [-0.25, -0.2) is 0 Å². The van der Waals surface area contributed by atoms with Crippen molar-refractivity contribution < 1.29 is 9.59 Å². The second kappa shape index (κ2) is 6.21. The number of carbonyl (C=O) groups is 2. The van der Waals surface area contributed by atoms with Crippen LogP contribution in [0.5, 0.6) is 0 Å². The number of ketones is 1. The average Bonchev–Trinajstić information content (AvgIpc) is 2.90. The van der Waals surface area contributed by atoms with E-state index in [2.05, 4.69) is 13.8 Å². The van der Waals surface area contributed by atoms with E-state index in [1.807, 2.05) is 30.0 Å². The lowest BCUT2D eigenvalue weighted by molar-refractivity contribution is -0.122. The number of nitrogens with zero attached hydrogens (tertiary/aromatic N) is 1. The molecule has 0 N–H and O–H groups in total. The van der Waals surface area contributed by atoms with Gasteiger partial charge < -0.3 is 4.90 Å². The number of fused-ring (bicyclic) bond motifs is 1. The lowest BCUT2D eigenvalue weighted by atomic mass is 10.0. The Labute approximate surface area is 121 Å². The fraction of sp³-hybridized carbons (Fsp3) is 0.529. The summed E-state index contributed by atoms with van der Waals surface area (Å²) in [6.45, 7) is 6.74. The lowest BCUT2D eigenvalue weighted by Gasteiger charge is -2.22. The van der Waals surface area contributed by atoms with Crippen LogP contribution in [-0.4, -0.2) is 18.2 Å². The van der Waals surface area contributed by atoms with Gasteiger partial charge in [0.1, 0.15) is 0 Å². The van der Waals surface area contributed by atoms with Gasteiger partial charge >= 0.3 is 0 Å². The van der Waals surface area contributed by atoms with Gasteiger partial charge in [0.15, 0.2) is 5.78 Å². The number of hydrogen-bond donors (Lipinski definition) is 0. The van der Waals surface area contributed by atoms with Crippen LogP contribution in [0, 0.1) is 5.92 Å². The van der Waals surface area contributed by atoms with E-state index in [1.54, 1.807) is 0 Å². The molecule has 0 atom stereocenters. The van der Waals surface area contributed by atoms with Gasteiger partial charge in [-0.15, -0.1) is 0 Å². The maximum absolute atomic E-state index is 12.5. The highest BCUT2D eigenvalue weighted by Crippen LogP contribution is 2.31. The molecule has 20 heavy (non-hydrogen) atoms. The molecule has 0 saturated heterocycles. The Kier molecular flexibility index (Phi) is 4.58. The van der Waals surface area contributed by atoms with E-state index in [0.717, 1.165) is 42.6 Å². The Morgan fingerprint density at radius 1 is 1.20 bits per heavy atom. The first kappa shape index (κ1) is 14.8. The molecule has 108 valence electrons. The first-order chi connectivity index (χ1) is 9.62. The fourth-order valence-electron chi connectivity index (χ4n) is 2.87. The van der Waals surface area contributed by atoms with Crippen LogP contribution in [0.4, 0.5) is 5.69 Å². The number of anilines is 1. The highest BCUT2D eigenvalue weighted by Gasteiger charge is 2.28. The third-order valence-corrected chi connectivity index (χ3v) is 4.22. The van der Waals surface area contributed by atoms with Gasteiger partial charge in [0.2, 0.25) is 5.91 Å². The minimum atomic E-state index is 0.109. The summed E-state index contributed by atoms with van der Waals surface area (Å²) in [5.41, 5.74) is 2.89. The normalized spacial score (nSPS) is 13.7. The molecule has 1 amide bonds. The molecule has 1 aliphatic heterocycles. The molecule has 0 spiro atoms. The smallest absolute Gasteiger partial charge is 0.230 e. The molecule has 1 aromatic carbocycles. The number of rotatable bonds is 5. The summed E-state index contributed by atoms with van der Waals surface area (Å²) in [4.78, 5) is 26.1. The monoisotopic (exact) mass is 273 g/mol. The number of hydrogen-bond acceptors (Lipinski definition) is 2. The third-order valence-electron chi connectivity index (χ3n) is 4.22. The predicted molar refractivity (Wildman–Crippen MR) is 81.2 cm³/mol. The summed E-state index contributed by atoms with van der Waals surface area (Å²) in [6.07, 6.45) is 3.14. The zero-order valence-electron chi connectivity index (χ0n) is 12.6. The molecule has 0 aliphatic carbocycles. The molecule has 3 heteroatoms. The molecule has 0 aromatic heterocycles. The molecule has 3 nitrogen and oxygen atoms in total. The summed E-state index contributed by atoms with van der Waals surface area (Å²) in [7, 11) is 0. The number of Topliss-reactive ketones (excluding diaryl/α,β-unsaturated/α-hetero) is 1.